The minimum atomic E-state index is 0.0429. The Bertz CT molecular complexity index is 585. The molecule has 1 N–H and O–H groups in total. The Balaban J connectivity index is 1.55. The maximum absolute atomic E-state index is 5.92. The van der Waals surface area contributed by atoms with E-state index in [0.717, 1.165) is 23.1 Å². The fraction of sp³-hybridized carbons (Fsp3) is 0.400. The normalized spacial score (nSPS) is 18.8. The molecular weight excluding hydrogens is 272 g/mol. The molecule has 0 aliphatic carbocycles. The van der Waals surface area contributed by atoms with E-state index in [2.05, 4.69) is 17.2 Å². The topological polar surface area (TPSA) is 43.4 Å². The summed E-state index contributed by atoms with van der Waals surface area (Å²) in [6.45, 7) is 5.51. The van der Waals surface area contributed by atoms with Gasteiger partial charge in [-0.1, -0.05) is 12.1 Å². The number of ether oxygens (including phenoxy) is 2. The number of nitrogens with zero attached hydrogens (tertiary/aromatic N) is 1. The van der Waals surface area contributed by atoms with Crippen LogP contribution in [0.3, 0.4) is 0 Å². The van der Waals surface area contributed by atoms with Crippen molar-refractivity contribution in [2.24, 2.45) is 0 Å². The number of nitrogens with one attached hydrogen (secondary N) is 1. The summed E-state index contributed by atoms with van der Waals surface area (Å²) in [5.41, 5.74) is 0. The van der Waals surface area contributed by atoms with Crippen molar-refractivity contribution in [2.45, 2.75) is 26.0 Å². The molecule has 2 unspecified atom stereocenters. The number of thiazole rings is 1. The first-order valence-electron chi connectivity index (χ1n) is 6.76. The third kappa shape index (κ3) is 2.94. The van der Waals surface area contributed by atoms with Gasteiger partial charge in [-0.05, 0) is 26.0 Å². The third-order valence-electron chi connectivity index (χ3n) is 3.29. The molecule has 2 heterocycles. The van der Waals surface area contributed by atoms with Gasteiger partial charge in [-0.2, -0.15) is 0 Å². The van der Waals surface area contributed by atoms with E-state index in [1.807, 2.05) is 37.4 Å². The van der Waals surface area contributed by atoms with Crippen LogP contribution in [0.2, 0.25) is 0 Å². The molecule has 5 heteroatoms. The van der Waals surface area contributed by atoms with Crippen molar-refractivity contribution in [3.8, 4) is 11.5 Å². The lowest BCUT2D eigenvalue weighted by atomic mass is 10.2. The van der Waals surface area contributed by atoms with Crippen LogP contribution in [0.15, 0.2) is 30.5 Å². The van der Waals surface area contributed by atoms with Gasteiger partial charge >= 0.3 is 0 Å². The first-order valence-corrected chi connectivity index (χ1v) is 7.58. The minimum Gasteiger partial charge on any atom is -0.486 e. The molecule has 0 saturated carbocycles. The molecule has 2 atom stereocenters. The first kappa shape index (κ1) is 13.4. The van der Waals surface area contributed by atoms with E-state index in [4.69, 9.17) is 9.47 Å². The molecule has 0 spiro atoms. The third-order valence-corrected chi connectivity index (χ3v) is 4.38. The molecular formula is C15H18N2O2S. The summed E-state index contributed by atoms with van der Waals surface area (Å²) in [4.78, 5) is 5.53. The zero-order valence-corrected chi connectivity index (χ0v) is 12.4. The van der Waals surface area contributed by atoms with Crippen LogP contribution in [0.4, 0.5) is 0 Å². The number of rotatable bonds is 4. The van der Waals surface area contributed by atoms with Gasteiger partial charge in [0.15, 0.2) is 11.5 Å². The lowest BCUT2D eigenvalue weighted by Gasteiger charge is -2.27. The van der Waals surface area contributed by atoms with Crippen molar-refractivity contribution in [3.63, 3.8) is 0 Å². The molecule has 1 aromatic heterocycles. The fourth-order valence-corrected chi connectivity index (χ4v) is 2.96. The number of aromatic nitrogens is 1. The van der Waals surface area contributed by atoms with Gasteiger partial charge in [0, 0.05) is 23.7 Å². The molecule has 0 amide bonds. The Morgan fingerprint density at radius 3 is 2.95 bits per heavy atom. The number of hydrogen-bond acceptors (Lipinski definition) is 5. The Kier molecular flexibility index (Phi) is 3.89. The maximum atomic E-state index is 5.92. The SMILES string of the molecule is Cc1ncc(C(C)NCC2COc3ccccc3O2)s1. The van der Waals surface area contributed by atoms with Gasteiger partial charge in [0.1, 0.15) is 12.7 Å². The molecule has 1 aromatic carbocycles. The first-order chi connectivity index (χ1) is 9.72. The highest BCUT2D eigenvalue weighted by Gasteiger charge is 2.21. The van der Waals surface area contributed by atoms with E-state index >= 15 is 0 Å². The largest absolute Gasteiger partial charge is 0.486 e. The summed E-state index contributed by atoms with van der Waals surface area (Å²) in [6.07, 6.45) is 1.98. The Morgan fingerprint density at radius 1 is 1.40 bits per heavy atom. The van der Waals surface area contributed by atoms with Gasteiger partial charge in [0.2, 0.25) is 0 Å². The predicted octanol–water partition coefficient (Wildman–Crippen LogP) is 2.94. The quantitative estimate of drug-likeness (QED) is 0.940. The van der Waals surface area contributed by atoms with Crippen molar-refractivity contribution in [1.82, 2.24) is 10.3 Å². The Hall–Kier alpha value is -1.59. The molecule has 4 nitrogen and oxygen atoms in total. The molecule has 0 bridgehead atoms. The molecule has 0 fully saturated rings. The van der Waals surface area contributed by atoms with Crippen molar-refractivity contribution >= 4 is 11.3 Å². The molecule has 106 valence electrons. The van der Waals surface area contributed by atoms with Crippen LogP contribution in [0, 0.1) is 6.92 Å². The van der Waals surface area contributed by atoms with Crippen molar-refractivity contribution < 1.29 is 9.47 Å². The van der Waals surface area contributed by atoms with E-state index in [1.54, 1.807) is 11.3 Å². The van der Waals surface area contributed by atoms with Gasteiger partial charge in [-0.3, -0.25) is 0 Å². The van der Waals surface area contributed by atoms with E-state index in [-0.39, 0.29) is 12.1 Å². The number of para-hydroxylation sites is 2. The molecule has 20 heavy (non-hydrogen) atoms. The minimum absolute atomic E-state index is 0.0429. The lowest BCUT2D eigenvalue weighted by molar-refractivity contribution is 0.0887. The van der Waals surface area contributed by atoms with Crippen molar-refractivity contribution in [2.75, 3.05) is 13.2 Å². The Labute approximate surface area is 122 Å². The smallest absolute Gasteiger partial charge is 0.161 e. The zero-order valence-electron chi connectivity index (χ0n) is 11.6. The summed E-state index contributed by atoms with van der Waals surface area (Å²) in [6, 6.07) is 8.07. The molecule has 2 aromatic rings. The highest BCUT2D eigenvalue weighted by Crippen LogP contribution is 2.30. The second-order valence-corrected chi connectivity index (χ2v) is 6.18. The van der Waals surface area contributed by atoms with E-state index in [9.17, 15) is 0 Å². The highest BCUT2D eigenvalue weighted by atomic mass is 32.1. The van der Waals surface area contributed by atoms with Crippen molar-refractivity contribution in [3.05, 3.63) is 40.3 Å². The summed E-state index contributed by atoms with van der Waals surface area (Å²) in [7, 11) is 0. The number of hydrogen-bond donors (Lipinski definition) is 1. The van der Waals surface area contributed by atoms with Crippen LogP contribution in [0.5, 0.6) is 11.5 Å². The number of benzene rings is 1. The summed E-state index contributed by atoms with van der Waals surface area (Å²) in [5, 5.41) is 4.58. The molecule has 1 aliphatic rings. The Morgan fingerprint density at radius 2 is 2.20 bits per heavy atom. The second kappa shape index (κ2) is 5.81. The average Bonchev–Trinajstić information content (AvgIpc) is 2.91. The number of aryl methyl sites for hydroxylation is 1. The zero-order chi connectivity index (χ0) is 13.9. The van der Waals surface area contributed by atoms with E-state index in [1.165, 1.54) is 4.88 Å². The van der Waals surface area contributed by atoms with Crippen LogP contribution in [0.25, 0.3) is 0 Å². The summed E-state index contributed by atoms with van der Waals surface area (Å²) in [5.74, 6) is 1.65. The van der Waals surface area contributed by atoms with E-state index in [0.29, 0.717) is 6.61 Å². The van der Waals surface area contributed by atoms with Gasteiger partial charge in [-0.15, -0.1) is 11.3 Å². The molecule has 1 aliphatic heterocycles. The summed E-state index contributed by atoms with van der Waals surface area (Å²) >= 11 is 1.73. The van der Waals surface area contributed by atoms with Crippen LogP contribution in [0.1, 0.15) is 22.9 Å². The fourth-order valence-electron chi connectivity index (χ4n) is 2.15. The molecule has 0 radical (unpaired) electrons. The van der Waals surface area contributed by atoms with Crippen LogP contribution >= 0.6 is 11.3 Å². The summed E-state index contributed by atoms with van der Waals surface area (Å²) < 4.78 is 11.6. The highest BCUT2D eigenvalue weighted by molar-refractivity contribution is 7.11. The molecule has 0 saturated heterocycles. The van der Waals surface area contributed by atoms with Crippen LogP contribution in [-0.2, 0) is 0 Å². The van der Waals surface area contributed by atoms with E-state index < -0.39 is 0 Å². The standard InChI is InChI=1S/C15H18N2O2S/c1-10(15-8-17-11(2)20-15)16-7-12-9-18-13-5-3-4-6-14(13)19-12/h3-6,8,10,12,16H,7,9H2,1-2H3. The maximum Gasteiger partial charge on any atom is 0.161 e. The lowest BCUT2D eigenvalue weighted by Crippen LogP contribution is -2.39. The van der Waals surface area contributed by atoms with Crippen LogP contribution in [-0.4, -0.2) is 24.2 Å². The van der Waals surface area contributed by atoms with Crippen LogP contribution < -0.4 is 14.8 Å². The molecule has 3 rings (SSSR count). The predicted molar refractivity (Wildman–Crippen MR) is 79.6 cm³/mol. The second-order valence-electron chi connectivity index (χ2n) is 4.91. The van der Waals surface area contributed by atoms with Gasteiger partial charge < -0.3 is 14.8 Å². The van der Waals surface area contributed by atoms with Gasteiger partial charge in [-0.25, -0.2) is 4.98 Å². The number of fused-ring (bicyclic) bond motifs is 1. The van der Waals surface area contributed by atoms with Crippen molar-refractivity contribution in [1.29, 1.82) is 0 Å². The average molecular weight is 290 g/mol. The monoisotopic (exact) mass is 290 g/mol. The van der Waals surface area contributed by atoms with Gasteiger partial charge in [0.25, 0.3) is 0 Å². The van der Waals surface area contributed by atoms with Gasteiger partial charge in [0.05, 0.1) is 5.01 Å².